The van der Waals surface area contributed by atoms with Gasteiger partial charge in [0.05, 0.1) is 17.6 Å². The first-order chi connectivity index (χ1) is 13.0. The molecule has 0 aliphatic rings. The molecule has 0 radical (unpaired) electrons. The summed E-state index contributed by atoms with van der Waals surface area (Å²) in [5.74, 6) is 0. The van der Waals surface area contributed by atoms with Gasteiger partial charge in [-0.15, -0.1) is 0 Å². The fraction of sp³-hybridized carbons (Fsp3) is 0.105. The van der Waals surface area contributed by atoms with Crippen LogP contribution in [-0.4, -0.2) is 20.7 Å². The van der Waals surface area contributed by atoms with Crippen LogP contribution in [0.3, 0.4) is 0 Å². The van der Waals surface area contributed by atoms with Crippen molar-refractivity contribution in [2.75, 3.05) is 5.32 Å². The number of halogens is 1. The van der Waals surface area contributed by atoms with Crippen molar-refractivity contribution in [2.45, 2.75) is 6.92 Å². The van der Waals surface area contributed by atoms with E-state index in [4.69, 9.17) is 23.8 Å². The van der Waals surface area contributed by atoms with Crippen molar-refractivity contribution < 1.29 is 0 Å². The van der Waals surface area contributed by atoms with Gasteiger partial charge < -0.3 is 5.32 Å². The molecular formula is C19H18ClN5OS. The third kappa shape index (κ3) is 4.10. The Morgan fingerprint density at radius 1 is 1.15 bits per heavy atom. The predicted octanol–water partition coefficient (Wildman–Crippen LogP) is 3.46. The number of thiocarbonyl (C=S) groups is 1. The van der Waals surface area contributed by atoms with Crippen molar-refractivity contribution in [3.8, 4) is 5.69 Å². The molecule has 1 aromatic heterocycles. The van der Waals surface area contributed by atoms with Crippen LogP contribution in [0, 0.1) is 6.92 Å². The summed E-state index contributed by atoms with van der Waals surface area (Å²) in [7, 11) is 1.82. The van der Waals surface area contributed by atoms with Gasteiger partial charge in [-0.05, 0) is 37.3 Å². The Bertz CT molecular complexity index is 1060. The Balaban J connectivity index is 1.77. The summed E-state index contributed by atoms with van der Waals surface area (Å²) in [6, 6.07) is 16.7. The highest BCUT2D eigenvalue weighted by atomic mass is 35.5. The first-order valence-corrected chi connectivity index (χ1v) is 8.96. The van der Waals surface area contributed by atoms with Crippen molar-refractivity contribution in [2.24, 2.45) is 12.1 Å². The summed E-state index contributed by atoms with van der Waals surface area (Å²) < 4.78 is 3.35. The van der Waals surface area contributed by atoms with E-state index in [-0.39, 0.29) is 10.7 Å². The number of nitrogens with one attached hydrogen (secondary N) is 2. The van der Waals surface area contributed by atoms with Gasteiger partial charge in [0.2, 0.25) is 0 Å². The van der Waals surface area contributed by atoms with Crippen LogP contribution in [-0.2, 0) is 7.05 Å². The lowest BCUT2D eigenvalue weighted by Crippen LogP contribution is -2.28. The Morgan fingerprint density at radius 3 is 2.52 bits per heavy atom. The molecule has 0 saturated heterocycles. The Labute approximate surface area is 167 Å². The van der Waals surface area contributed by atoms with Crippen LogP contribution in [0.4, 0.5) is 5.69 Å². The van der Waals surface area contributed by atoms with Crippen LogP contribution >= 0.6 is 23.8 Å². The standard InChI is InChI=1S/C19H18ClN5OS/c1-13-17(18(26)25(24(13)2)15-9-4-3-5-10-15)22-19(27)23-21-12-14-8-6-7-11-16(14)20/h3-12H,1-2H3,(H2,22,23,27)/b21-12-. The summed E-state index contributed by atoms with van der Waals surface area (Å²) in [5.41, 5.74) is 5.19. The van der Waals surface area contributed by atoms with Gasteiger partial charge in [-0.1, -0.05) is 48.0 Å². The molecule has 1 heterocycles. The number of anilines is 1. The highest BCUT2D eigenvalue weighted by molar-refractivity contribution is 7.80. The Kier molecular flexibility index (Phi) is 5.73. The van der Waals surface area contributed by atoms with E-state index in [1.165, 1.54) is 0 Å². The molecule has 0 saturated carbocycles. The molecule has 2 N–H and O–H groups in total. The minimum Gasteiger partial charge on any atom is -0.325 e. The molecule has 0 spiro atoms. The average molecular weight is 400 g/mol. The highest BCUT2D eigenvalue weighted by Crippen LogP contribution is 2.14. The molecule has 0 amide bonds. The van der Waals surface area contributed by atoms with E-state index in [1.54, 1.807) is 21.6 Å². The van der Waals surface area contributed by atoms with Gasteiger partial charge in [0.1, 0.15) is 5.69 Å². The number of hydrazone groups is 1. The molecule has 0 atom stereocenters. The zero-order valence-electron chi connectivity index (χ0n) is 14.8. The van der Waals surface area contributed by atoms with Gasteiger partial charge in [-0.25, -0.2) is 4.68 Å². The first kappa shape index (κ1) is 18.9. The molecule has 0 unspecified atom stereocenters. The van der Waals surface area contributed by atoms with Crippen molar-refractivity contribution in [3.63, 3.8) is 0 Å². The maximum Gasteiger partial charge on any atom is 0.295 e. The first-order valence-electron chi connectivity index (χ1n) is 8.17. The minimum atomic E-state index is -0.194. The average Bonchev–Trinajstić information content (AvgIpc) is 2.87. The van der Waals surface area contributed by atoms with E-state index in [9.17, 15) is 4.79 Å². The number of hydrogen-bond acceptors (Lipinski definition) is 3. The van der Waals surface area contributed by atoms with Gasteiger partial charge in [-0.3, -0.25) is 14.9 Å². The normalized spacial score (nSPS) is 10.9. The molecule has 3 rings (SSSR count). The van der Waals surface area contributed by atoms with Gasteiger partial charge in [0, 0.05) is 17.6 Å². The smallest absolute Gasteiger partial charge is 0.295 e. The number of rotatable bonds is 4. The van der Waals surface area contributed by atoms with Crippen LogP contribution < -0.4 is 16.3 Å². The molecule has 27 heavy (non-hydrogen) atoms. The summed E-state index contributed by atoms with van der Waals surface area (Å²) in [6.07, 6.45) is 1.57. The fourth-order valence-electron chi connectivity index (χ4n) is 2.59. The zero-order valence-corrected chi connectivity index (χ0v) is 16.4. The quantitative estimate of drug-likeness (QED) is 0.400. The van der Waals surface area contributed by atoms with E-state index >= 15 is 0 Å². The number of nitrogens with zero attached hydrogens (tertiary/aromatic N) is 3. The van der Waals surface area contributed by atoms with Crippen LogP contribution in [0.2, 0.25) is 5.02 Å². The molecule has 6 nitrogen and oxygen atoms in total. The number of hydrogen-bond donors (Lipinski definition) is 2. The molecule has 3 aromatic rings. The van der Waals surface area contributed by atoms with Gasteiger partial charge in [0.15, 0.2) is 5.11 Å². The van der Waals surface area contributed by atoms with Gasteiger partial charge in [-0.2, -0.15) is 5.10 Å². The number of aromatic nitrogens is 2. The molecule has 2 aromatic carbocycles. The second-order valence-electron chi connectivity index (χ2n) is 5.78. The van der Waals surface area contributed by atoms with Crippen molar-refractivity contribution in [3.05, 3.63) is 81.2 Å². The van der Waals surface area contributed by atoms with E-state index in [0.717, 1.165) is 16.9 Å². The second kappa shape index (κ2) is 8.20. The highest BCUT2D eigenvalue weighted by Gasteiger charge is 2.16. The van der Waals surface area contributed by atoms with E-state index in [2.05, 4.69) is 15.8 Å². The van der Waals surface area contributed by atoms with Crippen LogP contribution in [0.5, 0.6) is 0 Å². The van der Waals surface area contributed by atoms with Crippen molar-refractivity contribution in [1.82, 2.24) is 14.8 Å². The number of benzene rings is 2. The maximum absolute atomic E-state index is 12.8. The van der Waals surface area contributed by atoms with E-state index in [0.29, 0.717) is 10.7 Å². The molecule has 8 heteroatoms. The molecule has 0 fully saturated rings. The topological polar surface area (TPSA) is 63.4 Å². The predicted molar refractivity (Wildman–Crippen MR) is 114 cm³/mol. The Morgan fingerprint density at radius 2 is 1.81 bits per heavy atom. The summed E-state index contributed by atoms with van der Waals surface area (Å²) in [4.78, 5) is 12.8. The van der Waals surface area contributed by atoms with Crippen LogP contribution in [0.25, 0.3) is 5.69 Å². The minimum absolute atomic E-state index is 0.194. The van der Waals surface area contributed by atoms with E-state index < -0.39 is 0 Å². The van der Waals surface area contributed by atoms with E-state index in [1.807, 2.05) is 62.5 Å². The summed E-state index contributed by atoms with van der Waals surface area (Å²) in [5, 5.41) is 7.80. The van der Waals surface area contributed by atoms with Crippen LogP contribution in [0.15, 0.2) is 64.5 Å². The lowest BCUT2D eigenvalue weighted by Gasteiger charge is -2.07. The maximum atomic E-state index is 12.8. The van der Waals surface area contributed by atoms with Gasteiger partial charge >= 0.3 is 0 Å². The molecule has 138 valence electrons. The van der Waals surface area contributed by atoms with Crippen molar-refractivity contribution >= 4 is 40.8 Å². The van der Waals surface area contributed by atoms with Gasteiger partial charge in [0.25, 0.3) is 5.56 Å². The van der Waals surface area contributed by atoms with Crippen molar-refractivity contribution in [1.29, 1.82) is 0 Å². The molecular weight excluding hydrogens is 382 g/mol. The summed E-state index contributed by atoms with van der Waals surface area (Å²) >= 11 is 11.3. The second-order valence-corrected chi connectivity index (χ2v) is 6.60. The Hall–Kier alpha value is -2.90. The zero-order chi connectivity index (χ0) is 19.4. The monoisotopic (exact) mass is 399 g/mol. The lowest BCUT2D eigenvalue weighted by atomic mass is 10.2. The third-order valence-electron chi connectivity index (χ3n) is 4.07. The fourth-order valence-corrected chi connectivity index (χ4v) is 2.93. The largest absolute Gasteiger partial charge is 0.325 e. The number of para-hydroxylation sites is 1. The summed E-state index contributed by atoms with van der Waals surface area (Å²) in [6.45, 7) is 1.85. The molecule has 0 bridgehead atoms. The lowest BCUT2D eigenvalue weighted by molar-refractivity contribution is 0.630. The van der Waals surface area contributed by atoms with Crippen LogP contribution in [0.1, 0.15) is 11.3 Å². The SMILES string of the molecule is Cc1c(NC(=S)N/N=C\c2ccccc2Cl)c(=O)n(-c2ccccc2)n1C. The molecule has 0 aliphatic carbocycles. The third-order valence-corrected chi connectivity index (χ3v) is 4.61. The molecule has 0 aliphatic heterocycles.